The summed E-state index contributed by atoms with van der Waals surface area (Å²) in [5.74, 6) is 1.07. The van der Waals surface area contributed by atoms with Gasteiger partial charge in [0.25, 0.3) is 5.91 Å². The molecule has 110 valence electrons. The van der Waals surface area contributed by atoms with Crippen molar-refractivity contribution in [2.24, 2.45) is 11.7 Å². The summed E-state index contributed by atoms with van der Waals surface area (Å²) in [5, 5.41) is 0. The molecule has 1 saturated heterocycles. The van der Waals surface area contributed by atoms with Crippen LogP contribution in [0.15, 0.2) is 24.5 Å². The number of nitrogens with zero attached hydrogens (tertiary/aromatic N) is 2. The van der Waals surface area contributed by atoms with Gasteiger partial charge in [0.1, 0.15) is 5.75 Å². The lowest BCUT2D eigenvalue weighted by atomic mass is 9.90. The first-order valence-corrected chi connectivity index (χ1v) is 7.20. The molecule has 0 unspecified atom stereocenters. The molecule has 0 radical (unpaired) electrons. The summed E-state index contributed by atoms with van der Waals surface area (Å²) in [7, 11) is 0. The number of amides is 1. The van der Waals surface area contributed by atoms with Gasteiger partial charge in [0.15, 0.2) is 6.10 Å². The first kappa shape index (κ1) is 14.8. The largest absolute Gasteiger partial charge is 0.479 e. The molecular formula is C15H23N3O2. The van der Waals surface area contributed by atoms with Gasteiger partial charge >= 0.3 is 0 Å². The van der Waals surface area contributed by atoms with Crippen molar-refractivity contribution >= 4 is 5.91 Å². The Bertz CT molecular complexity index is 438. The van der Waals surface area contributed by atoms with Crippen LogP contribution in [0.25, 0.3) is 0 Å². The maximum absolute atomic E-state index is 12.5. The van der Waals surface area contributed by atoms with Gasteiger partial charge in [-0.05, 0) is 37.8 Å². The molecule has 2 N–H and O–H groups in total. The minimum atomic E-state index is -0.515. The van der Waals surface area contributed by atoms with Gasteiger partial charge in [-0.25, -0.2) is 0 Å². The average Bonchev–Trinajstić information content (AvgIpc) is 2.47. The van der Waals surface area contributed by atoms with Crippen molar-refractivity contribution in [3.63, 3.8) is 0 Å². The molecule has 3 atom stereocenters. The third kappa shape index (κ3) is 3.28. The third-order valence-electron chi connectivity index (χ3n) is 3.94. The van der Waals surface area contributed by atoms with E-state index in [1.54, 1.807) is 31.5 Å². The van der Waals surface area contributed by atoms with E-state index in [-0.39, 0.29) is 11.9 Å². The van der Waals surface area contributed by atoms with Gasteiger partial charge in [-0.2, -0.15) is 0 Å². The molecule has 1 aromatic rings. The molecule has 1 amide bonds. The van der Waals surface area contributed by atoms with E-state index >= 15 is 0 Å². The summed E-state index contributed by atoms with van der Waals surface area (Å²) in [6.45, 7) is 5.21. The Morgan fingerprint density at radius 1 is 1.65 bits per heavy atom. The number of aromatic nitrogens is 1. The molecule has 5 nitrogen and oxygen atoms in total. The van der Waals surface area contributed by atoms with Crippen molar-refractivity contribution in [2.75, 3.05) is 13.1 Å². The van der Waals surface area contributed by atoms with Crippen molar-refractivity contribution in [3.8, 4) is 5.75 Å². The number of ether oxygens (including phenoxy) is 1. The molecule has 0 bridgehead atoms. The highest BCUT2D eigenvalue weighted by Gasteiger charge is 2.33. The molecule has 1 aliphatic rings. The minimum absolute atomic E-state index is 0.0100. The van der Waals surface area contributed by atoms with E-state index in [1.165, 1.54) is 0 Å². The number of nitrogens with two attached hydrogens (primary N) is 1. The molecule has 1 fully saturated rings. The fraction of sp³-hybridized carbons (Fsp3) is 0.600. The SMILES string of the molecule is C[C@H](Oc1cccnc1)C(=O)N1CCC[C@@H](C)[C@H]1CN. The summed E-state index contributed by atoms with van der Waals surface area (Å²) in [4.78, 5) is 18.4. The van der Waals surface area contributed by atoms with Crippen LogP contribution in [0.3, 0.4) is 0 Å². The quantitative estimate of drug-likeness (QED) is 0.904. The number of carbonyl (C=O) groups is 1. The van der Waals surface area contributed by atoms with Crippen LogP contribution in [0.4, 0.5) is 0 Å². The highest BCUT2D eigenvalue weighted by molar-refractivity contribution is 5.81. The van der Waals surface area contributed by atoms with E-state index in [9.17, 15) is 4.79 Å². The molecule has 0 saturated carbocycles. The molecule has 0 aliphatic carbocycles. The van der Waals surface area contributed by atoms with E-state index in [4.69, 9.17) is 10.5 Å². The standard InChI is InChI=1S/C15H23N3O2/c1-11-5-4-8-18(14(11)9-16)15(19)12(2)20-13-6-3-7-17-10-13/h3,6-7,10-12,14H,4-5,8-9,16H2,1-2H3/t11-,12+,14-/m1/s1. The fourth-order valence-corrected chi connectivity index (χ4v) is 2.79. The predicted molar refractivity (Wildman–Crippen MR) is 77.3 cm³/mol. The maximum atomic E-state index is 12.5. The number of rotatable bonds is 4. The number of hydrogen-bond donors (Lipinski definition) is 1. The molecule has 2 heterocycles. The molecule has 0 spiro atoms. The topological polar surface area (TPSA) is 68.5 Å². The second-order valence-corrected chi connectivity index (χ2v) is 5.40. The summed E-state index contributed by atoms with van der Waals surface area (Å²) in [6, 6.07) is 3.71. The summed E-state index contributed by atoms with van der Waals surface area (Å²) >= 11 is 0. The summed E-state index contributed by atoms with van der Waals surface area (Å²) in [6.07, 6.45) is 4.93. The smallest absolute Gasteiger partial charge is 0.263 e. The Morgan fingerprint density at radius 2 is 2.45 bits per heavy atom. The van der Waals surface area contributed by atoms with Gasteiger partial charge < -0.3 is 15.4 Å². The van der Waals surface area contributed by atoms with E-state index in [0.29, 0.717) is 18.2 Å². The lowest BCUT2D eigenvalue weighted by Crippen LogP contribution is -2.54. The molecule has 20 heavy (non-hydrogen) atoms. The lowest BCUT2D eigenvalue weighted by molar-refractivity contribution is -0.142. The Kier molecular flexibility index (Phi) is 4.95. The van der Waals surface area contributed by atoms with Crippen molar-refractivity contribution in [1.29, 1.82) is 0 Å². The molecule has 1 aliphatic heterocycles. The van der Waals surface area contributed by atoms with Crippen LogP contribution < -0.4 is 10.5 Å². The van der Waals surface area contributed by atoms with Gasteiger partial charge in [0.05, 0.1) is 6.20 Å². The number of likely N-dealkylation sites (tertiary alicyclic amines) is 1. The summed E-state index contributed by atoms with van der Waals surface area (Å²) < 4.78 is 5.66. The van der Waals surface area contributed by atoms with Crippen LogP contribution in [0, 0.1) is 5.92 Å². The number of carbonyl (C=O) groups excluding carboxylic acids is 1. The van der Waals surface area contributed by atoms with Crippen molar-refractivity contribution in [1.82, 2.24) is 9.88 Å². The monoisotopic (exact) mass is 277 g/mol. The number of hydrogen-bond acceptors (Lipinski definition) is 4. The van der Waals surface area contributed by atoms with Gasteiger partial charge in [-0.15, -0.1) is 0 Å². The number of piperidine rings is 1. The zero-order chi connectivity index (χ0) is 14.5. The van der Waals surface area contributed by atoms with Crippen molar-refractivity contribution in [3.05, 3.63) is 24.5 Å². The third-order valence-corrected chi connectivity index (χ3v) is 3.94. The van der Waals surface area contributed by atoms with Crippen molar-refractivity contribution < 1.29 is 9.53 Å². The normalized spacial score (nSPS) is 24.2. The fourth-order valence-electron chi connectivity index (χ4n) is 2.79. The average molecular weight is 277 g/mol. The second-order valence-electron chi connectivity index (χ2n) is 5.40. The van der Waals surface area contributed by atoms with Crippen molar-refractivity contribution in [2.45, 2.75) is 38.8 Å². The highest BCUT2D eigenvalue weighted by Crippen LogP contribution is 2.24. The van der Waals surface area contributed by atoms with Crippen LogP contribution in [-0.2, 0) is 4.79 Å². The molecule has 0 aromatic carbocycles. The van der Waals surface area contributed by atoms with E-state index in [2.05, 4.69) is 11.9 Å². The minimum Gasteiger partial charge on any atom is -0.479 e. The first-order chi connectivity index (χ1) is 9.63. The van der Waals surface area contributed by atoms with E-state index < -0.39 is 6.10 Å². The molecule has 1 aromatic heterocycles. The lowest BCUT2D eigenvalue weighted by Gasteiger charge is -2.40. The van der Waals surface area contributed by atoms with Gasteiger partial charge in [0, 0.05) is 25.3 Å². The van der Waals surface area contributed by atoms with Gasteiger partial charge in [0.2, 0.25) is 0 Å². The molecule has 5 heteroatoms. The van der Waals surface area contributed by atoms with Crippen LogP contribution in [0.1, 0.15) is 26.7 Å². The first-order valence-electron chi connectivity index (χ1n) is 7.20. The highest BCUT2D eigenvalue weighted by atomic mass is 16.5. The van der Waals surface area contributed by atoms with Gasteiger partial charge in [-0.3, -0.25) is 9.78 Å². The van der Waals surface area contributed by atoms with Gasteiger partial charge in [-0.1, -0.05) is 6.92 Å². The number of pyridine rings is 1. The Labute approximate surface area is 120 Å². The van der Waals surface area contributed by atoms with Crippen LogP contribution in [0.2, 0.25) is 0 Å². The molecular weight excluding hydrogens is 254 g/mol. The zero-order valence-electron chi connectivity index (χ0n) is 12.2. The second kappa shape index (κ2) is 6.70. The Morgan fingerprint density at radius 3 is 3.10 bits per heavy atom. The van der Waals surface area contributed by atoms with Crippen LogP contribution in [-0.4, -0.2) is 41.0 Å². The maximum Gasteiger partial charge on any atom is 0.263 e. The molecule has 2 rings (SSSR count). The predicted octanol–water partition coefficient (Wildman–Crippen LogP) is 1.43. The van der Waals surface area contributed by atoms with E-state index in [0.717, 1.165) is 19.4 Å². The van der Waals surface area contributed by atoms with Crippen LogP contribution in [0.5, 0.6) is 5.75 Å². The Balaban J connectivity index is 2.02. The summed E-state index contributed by atoms with van der Waals surface area (Å²) in [5.41, 5.74) is 5.83. The Hall–Kier alpha value is -1.62. The van der Waals surface area contributed by atoms with Crippen LogP contribution >= 0.6 is 0 Å². The van der Waals surface area contributed by atoms with E-state index in [1.807, 2.05) is 4.90 Å². The zero-order valence-corrected chi connectivity index (χ0v) is 12.2.